The Labute approximate surface area is 98.3 Å². The van der Waals surface area contributed by atoms with Gasteiger partial charge in [0.05, 0.1) is 19.2 Å². The fourth-order valence-corrected chi connectivity index (χ4v) is 2.05. The molecule has 0 aliphatic carbocycles. The van der Waals surface area contributed by atoms with Gasteiger partial charge in [-0.05, 0) is 18.4 Å². The van der Waals surface area contributed by atoms with Crippen LogP contribution in [0.4, 0.5) is 5.82 Å². The zero-order valence-electron chi connectivity index (χ0n) is 9.23. The van der Waals surface area contributed by atoms with Crippen molar-refractivity contribution in [1.29, 1.82) is 0 Å². The van der Waals surface area contributed by atoms with Crippen molar-refractivity contribution in [3.8, 4) is 5.88 Å². The average Bonchev–Trinajstić information content (AvgIpc) is 2.81. The quantitative estimate of drug-likeness (QED) is 0.884. The maximum absolute atomic E-state index is 5.13. The number of hydrogen-bond donors (Lipinski definition) is 1. The second-order valence-electron chi connectivity index (χ2n) is 3.29. The van der Waals surface area contributed by atoms with E-state index in [1.807, 2.05) is 13.0 Å². The molecule has 0 amide bonds. The molecule has 0 aliphatic heterocycles. The van der Waals surface area contributed by atoms with Gasteiger partial charge in [0.15, 0.2) is 0 Å². The molecule has 0 saturated heterocycles. The Hall–Kier alpha value is -1.62. The lowest BCUT2D eigenvalue weighted by molar-refractivity contribution is 0.393. The summed E-state index contributed by atoms with van der Waals surface area (Å²) in [5.74, 6) is 1.43. The van der Waals surface area contributed by atoms with E-state index in [4.69, 9.17) is 4.74 Å². The summed E-state index contributed by atoms with van der Waals surface area (Å²) in [5, 5.41) is 5.33. The Morgan fingerprint density at radius 2 is 2.31 bits per heavy atom. The first kappa shape index (κ1) is 10.9. The molecule has 0 unspecified atom stereocenters. The standard InChI is InChI=1S/C11H13N3OS/c1-8-10(13-7-14-11(8)15-2)12-6-9-4-3-5-16-9/h3-5,7H,6H2,1-2H3,(H,12,13,14). The number of ether oxygens (including phenoxy) is 1. The van der Waals surface area contributed by atoms with Crippen LogP contribution in [0.1, 0.15) is 10.4 Å². The number of anilines is 1. The second-order valence-corrected chi connectivity index (χ2v) is 4.32. The summed E-state index contributed by atoms with van der Waals surface area (Å²) in [6.07, 6.45) is 1.50. The number of hydrogen-bond acceptors (Lipinski definition) is 5. The average molecular weight is 235 g/mol. The van der Waals surface area contributed by atoms with Crippen LogP contribution in [0.3, 0.4) is 0 Å². The van der Waals surface area contributed by atoms with Gasteiger partial charge in [-0.1, -0.05) is 6.07 Å². The minimum atomic E-state index is 0.615. The van der Waals surface area contributed by atoms with Crippen LogP contribution >= 0.6 is 11.3 Å². The molecule has 1 N–H and O–H groups in total. The van der Waals surface area contributed by atoms with Gasteiger partial charge in [0, 0.05) is 4.88 Å². The third kappa shape index (κ3) is 2.30. The van der Waals surface area contributed by atoms with Crippen molar-refractivity contribution < 1.29 is 4.74 Å². The van der Waals surface area contributed by atoms with Crippen molar-refractivity contribution in [2.75, 3.05) is 12.4 Å². The van der Waals surface area contributed by atoms with Crippen LogP contribution in [0.2, 0.25) is 0 Å². The Morgan fingerprint density at radius 3 is 3.00 bits per heavy atom. The largest absolute Gasteiger partial charge is 0.481 e. The van der Waals surface area contributed by atoms with Gasteiger partial charge in [-0.3, -0.25) is 0 Å². The van der Waals surface area contributed by atoms with Gasteiger partial charge < -0.3 is 10.1 Å². The van der Waals surface area contributed by atoms with Crippen molar-refractivity contribution in [2.45, 2.75) is 13.5 Å². The molecule has 0 atom stereocenters. The molecule has 0 saturated carbocycles. The molecule has 0 aromatic carbocycles. The second kappa shape index (κ2) is 4.94. The lowest BCUT2D eigenvalue weighted by Crippen LogP contribution is -2.04. The van der Waals surface area contributed by atoms with Crippen LogP contribution in [-0.2, 0) is 6.54 Å². The zero-order chi connectivity index (χ0) is 11.4. The minimum absolute atomic E-state index is 0.615. The van der Waals surface area contributed by atoms with E-state index in [0.717, 1.165) is 17.9 Å². The van der Waals surface area contributed by atoms with E-state index in [-0.39, 0.29) is 0 Å². The summed E-state index contributed by atoms with van der Waals surface area (Å²) in [6, 6.07) is 4.13. The molecule has 5 heteroatoms. The number of rotatable bonds is 4. The first-order chi connectivity index (χ1) is 7.81. The predicted molar refractivity (Wildman–Crippen MR) is 65.0 cm³/mol. The smallest absolute Gasteiger partial charge is 0.221 e. The molecule has 16 heavy (non-hydrogen) atoms. The molecule has 2 aromatic rings. The number of methoxy groups -OCH3 is 1. The first-order valence-corrected chi connectivity index (χ1v) is 5.81. The molecule has 84 valence electrons. The van der Waals surface area contributed by atoms with Crippen molar-refractivity contribution in [3.05, 3.63) is 34.3 Å². The third-order valence-electron chi connectivity index (χ3n) is 2.24. The third-order valence-corrected chi connectivity index (χ3v) is 3.12. The van der Waals surface area contributed by atoms with E-state index in [1.54, 1.807) is 18.4 Å². The van der Waals surface area contributed by atoms with Gasteiger partial charge in [0.2, 0.25) is 5.88 Å². The van der Waals surface area contributed by atoms with E-state index >= 15 is 0 Å². The van der Waals surface area contributed by atoms with E-state index in [0.29, 0.717) is 5.88 Å². The molecule has 2 aromatic heterocycles. The first-order valence-electron chi connectivity index (χ1n) is 4.93. The highest BCUT2D eigenvalue weighted by atomic mass is 32.1. The highest BCUT2D eigenvalue weighted by molar-refractivity contribution is 7.09. The SMILES string of the molecule is COc1ncnc(NCc2cccs2)c1C. The molecule has 0 fully saturated rings. The summed E-state index contributed by atoms with van der Waals surface area (Å²) in [7, 11) is 1.61. The Kier molecular flexibility index (Phi) is 3.36. The molecule has 0 radical (unpaired) electrons. The summed E-state index contributed by atoms with van der Waals surface area (Å²) in [5.41, 5.74) is 0.932. The van der Waals surface area contributed by atoms with Gasteiger partial charge in [-0.15, -0.1) is 11.3 Å². The van der Waals surface area contributed by atoms with Crippen LogP contribution in [-0.4, -0.2) is 17.1 Å². The Bertz CT molecular complexity index is 456. The number of nitrogens with one attached hydrogen (secondary N) is 1. The monoisotopic (exact) mass is 235 g/mol. The van der Waals surface area contributed by atoms with Gasteiger partial charge in [0.1, 0.15) is 12.1 Å². The van der Waals surface area contributed by atoms with Gasteiger partial charge >= 0.3 is 0 Å². The molecule has 0 bridgehead atoms. The molecule has 0 aliphatic rings. The molecule has 2 heterocycles. The van der Waals surface area contributed by atoms with E-state index in [9.17, 15) is 0 Å². The number of nitrogens with zero attached hydrogens (tertiary/aromatic N) is 2. The molecule has 4 nitrogen and oxygen atoms in total. The van der Waals surface area contributed by atoms with Crippen LogP contribution in [0.15, 0.2) is 23.8 Å². The van der Waals surface area contributed by atoms with Gasteiger partial charge in [-0.2, -0.15) is 0 Å². The van der Waals surface area contributed by atoms with Gasteiger partial charge in [-0.25, -0.2) is 9.97 Å². The van der Waals surface area contributed by atoms with Crippen LogP contribution in [0, 0.1) is 6.92 Å². The Balaban J connectivity index is 2.09. The van der Waals surface area contributed by atoms with Crippen molar-refractivity contribution >= 4 is 17.2 Å². The van der Waals surface area contributed by atoms with Crippen molar-refractivity contribution in [3.63, 3.8) is 0 Å². The zero-order valence-corrected chi connectivity index (χ0v) is 10.0. The topological polar surface area (TPSA) is 47.0 Å². The van der Waals surface area contributed by atoms with Crippen molar-refractivity contribution in [2.24, 2.45) is 0 Å². The Morgan fingerprint density at radius 1 is 1.44 bits per heavy atom. The van der Waals surface area contributed by atoms with E-state index < -0.39 is 0 Å². The predicted octanol–water partition coefficient (Wildman–Crippen LogP) is 2.47. The van der Waals surface area contributed by atoms with Crippen LogP contribution < -0.4 is 10.1 Å². The van der Waals surface area contributed by atoms with Crippen LogP contribution in [0.5, 0.6) is 5.88 Å². The molecule has 2 rings (SSSR count). The van der Waals surface area contributed by atoms with Crippen LogP contribution in [0.25, 0.3) is 0 Å². The summed E-state index contributed by atoms with van der Waals surface area (Å²) >= 11 is 1.72. The van der Waals surface area contributed by atoms with Crippen molar-refractivity contribution in [1.82, 2.24) is 9.97 Å². The summed E-state index contributed by atoms with van der Waals surface area (Å²) in [6.45, 7) is 2.72. The fraction of sp³-hybridized carbons (Fsp3) is 0.273. The fourth-order valence-electron chi connectivity index (χ4n) is 1.40. The van der Waals surface area contributed by atoms with E-state index in [1.165, 1.54) is 11.2 Å². The molecular formula is C11H13N3OS. The summed E-state index contributed by atoms with van der Waals surface area (Å²) < 4.78 is 5.13. The highest BCUT2D eigenvalue weighted by Gasteiger charge is 2.06. The lowest BCUT2D eigenvalue weighted by atomic mass is 10.3. The van der Waals surface area contributed by atoms with E-state index in [2.05, 4.69) is 26.7 Å². The minimum Gasteiger partial charge on any atom is -0.481 e. The maximum Gasteiger partial charge on any atom is 0.221 e. The normalized spacial score (nSPS) is 10.1. The lowest BCUT2D eigenvalue weighted by Gasteiger charge is -2.09. The number of aromatic nitrogens is 2. The summed E-state index contributed by atoms with van der Waals surface area (Å²) in [4.78, 5) is 9.50. The number of thiophene rings is 1. The van der Waals surface area contributed by atoms with Gasteiger partial charge in [0.25, 0.3) is 0 Å². The molecule has 0 spiro atoms. The molecular weight excluding hydrogens is 222 g/mol. The maximum atomic E-state index is 5.13. The highest BCUT2D eigenvalue weighted by Crippen LogP contribution is 2.20.